The van der Waals surface area contributed by atoms with Gasteiger partial charge in [-0.25, -0.2) is 4.79 Å². The fourth-order valence-electron chi connectivity index (χ4n) is 5.43. The molecule has 0 fully saturated rings. The van der Waals surface area contributed by atoms with Crippen LogP contribution in [-0.4, -0.2) is 33.1 Å². The number of dihydropyridines is 1. The zero-order chi connectivity index (χ0) is 27.5. The smallest absolute Gasteiger partial charge is 0.337 e. The first-order valence-corrected chi connectivity index (χ1v) is 13.6. The molecule has 2 aromatic carbocycles. The molecule has 0 amide bonds. The normalized spacial score (nSPS) is 18.8. The number of methoxy groups -OCH3 is 3. The summed E-state index contributed by atoms with van der Waals surface area (Å²) < 4.78 is 22.4. The van der Waals surface area contributed by atoms with Gasteiger partial charge in [0, 0.05) is 39.7 Å². The minimum Gasteiger partial charge on any atom is -0.497 e. The average Bonchev–Trinajstić information content (AvgIpc) is 3.50. The van der Waals surface area contributed by atoms with Crippen molar-refractivity contribution >= 4 is 23.1 Å². The van der Waals surface area contributed by atoms with Gasteiger partial charge in [-0.2, -0.15) is 0 Å². The number of rotatable bonds is 8. The number of allylic oxidation sites excluding steroid dienone is 3. The molecule has 2 heterocycles. The van der Waals surface area contributed by atoms with E-state index in [1.165, 1.54) is 4.88 Å². The Morgan fingerprint density at radius 2 is 1.77 bits per heavy atom. The Labute approximate surface area is 232 Å². The Bertz CT molecular complexity index is 1440. The monoisotopic (exact) mass is 545 g/mol. The van der Waals surface area contributed by atoms with Gasteiger partial charge in [0.15, 0.2) is 17.3 Å². The highest BCUT2D eigenvalue weighted by Crippen LogP contribution is 2.49. The summed E-state index contributed by atoms with van der Waals surface area (Å²) in [5.41, 5.74) is 3.97. The van der Waals surface area contributed by atoms with Gasteiger partial charge in [0.05, 0.1) is 32.8 Å². The average molecular weight is 546 g/mol. The van der Waals surface area contributed by atoms with Crippen LogP contribution in [0.3, 0.4) is 0 Å². The molecule has 2 unspecified atom stereocenters. The molecule has 39 heavy (non-hydrogen) atoms. The van der Waals surface area contributed by atoms with Gasteiger partial charge in [0.25, 0.3) is 0 Å². The number of nitrogens with one attached hydrogen (secondary N) is 1. The topological polar surface area (TPSA) is 83.1 Å². The van der Waals surface area contributed by atoms with Crippen molar-refractivity contribution < 1.29 is 28.5 Å². The van der Waals surface area contributed by atoms with Crippen molar-refractivity contribution in [3.63, 3.8) is 0 Å². The zero-order valence-electron chi connectivity index (χ0n) is 22.4. The standard InChI is InChI=1S/C31H31NO6S/c1-18-27(31(34)38-17-19-10-12-21(35-2)13-11-19)28(22-7-5-8-25(36-3)30(22)37-4)29-23(32-18)15-20(16-24(29)33)26-9-6-14-39-26/h5-14,20,28,32H,15-17H2,1-4H3. The van der Waals surface area contributed by atoms with Crippen LogP contribution in [0, 0.1) is 0 Å². The Balaban J connectivity index is 1.55. The van der Waals surface area contributed by atoms with E-state index in [-0.39, 0.29) is 18.3 Å². The molecule has 2 atom stereocenters. The molecule has 202 valence electrons. The molecule has 1 aliphatic heterocycles. The summed E-state index contributed by atoms with van der Waals surface area (Å²) in [5, 5.41) is 5.44. The number of carbonyl (C=O) groups excluding carboxylic acids is 2. The van der Waals surface area contributed by atoms with Crippen LogP contribution in [0.2, 0.25) is 0 Å². The summed E-state index contributed by atoms with van der Waals surface area (Å²) >= 11 is 1.66. The van der Waals surface area contributed by atoms with Crippen molar-refractivity contribution in [3.05, 3.63) is 98.5 Å². The predicted octanol–water partition coefficient (Wildman–Crippen LogP) is 5.88. The summed E-state index contributed by atoms with van der Waals surface area (Å²) in [6.45, 7) is 1.94. The maximum Gasteiger partial charge on any atom is 0.337 e. The third kappa shape index (κ3) is 5.16. The molecule has 5 rings (SSSR count). The van der Waals surface area contributed by atoms with E-state index in [4.69, 9.17) is 18.9 Å². The third-order valence-corrected chi connectivity index (χ3v) is 8.30. The number of benzene rings is 2. The molecule has 1 aromatic heterocycles. The van der Waals surface area contributed by atoms with Crippen LogP contribution in [0.5, 0.6) is 17.2 Å². The molecule has 0 saturated carbocycles. The van der Waals surface area contributed by atoms with Crippen LogP contribution in [0.15, 0.2) is 82.5 Å². The van der Waals surface area contributed by atoms with E-state index in [9.17, 15) is 9.59 Å². The highest BCUT2D eigenvalue weighted by molar-refractivity contribution is 7.10. The highest BCUT2D eigenvalue weighted by atomic mass is 32.1. The number of ether oxygens (including phenoxy) is 4. The van der Waals surface area contributed by atoms with E-state index >= 15 is 0 Å². The number of hydrogen-bond acceptors (Lipinski definition) is 8. The molecule has 7 nitrogen and oxygen atoms in total. The van der Waals surface area contributed by atoms with Gasteiger partial charge < -0.3 is 24.3 Å². The molecular formula is C31H31NO6S. The van der Waals surface area contributed by atoms with E-state index < -0.39 is 11.9 Å². The number of esters is 1. The van der Waals surface area contributed by atoms with Gasteiger partial charge in [-0.05, 0) is 48.6 Å². The SMILES string of the molecule is COc1ccc(COC(=O)C2=C(C)NC3=C(C(=O)CC(c4cccs4)C3)C2c2cccc(OC)c2OC)cc1. The number of thiophene rings is 1. The molecule has 1 aliphatic carbocycles. The fraction of sp³-hybridized carbons (Fsp3) is 0.290. The lowest BCUT2D eigenvalue weighted by Gasteiger charge is -2.37. The van der Waals surface area contributed by atoms with Crippen molar-refractivity contribution in [2.24, 2.45) is 0 Å². The molecular weight excluding hydrogens is 514 g/mol. The second-order valence-corrected chi connectivity index (χ2v) is 10.5. The van der Waals surface area contributed by atoms with Crippen molar-refractivity contribution in [2.75, 3.05) is 21.3 Å². The van der Waals surface area contributed by atoms with E-state index in [0.29, 0.717) is 46.7 Å². The van der Waals surface area contributed by atoms with Gasteiger partial charge in [-0.15, -0.1) is 11.3 Å². The predicted molar refractivity (Wildman–Crippen MR) is 149 cm³/mol. The summed E-state index contributed by atoms with van der Waals surface area (Å²) in [6.07, 6.45) is 1.05. The summed E-state index contributed by atoms with van der Waals surface area (Å²) in [6, 6.07) is 16.9. The quantitative estimate of drug-likeness (QED) is 0.354. The maximum absolute atomic E-state index is 13.8. The van der Waals surface area contributed by atoms with Crippen LogP contribution < -0.4 is 19.5 Å². The zero-order valence-corrected chi connectivity index (χ0v) is 23.2. The van der Waals surface area contributed by atoms with Crippen molar-refractivity contribution in [3.8, 4) is 17.2 Å². The number of ketones is 1. The summed E-state index contributed by atoms with van der Waals surface area (Å²) in [4.78, 5) is 28.7. The molecule has 3 aromatic rings. The second kappa shape index (κ2) is 11.4. The summed E-state index contributed by atoms with van der Waals surface area (Å²) in [7, 11) is 4.73. The van der Waals surface area contributed by atoms with Gasteiger partial charge in [0.2, 0.25) is 0 Å². The van der Waals surface area contributed by atoms with Gasteiger partial charge in [-0.3, -0.25) is 4.79 Å². The first-order chi connectivity index (χ1) is 18.9. The Kier molecular flexibility index (Phi) is 7.74. The van der Waals surface area contributed by atoms with E-state index in [1.807, 2.05) is 54.8 Å². The second-order valence-electron chi connectivity index (χ2n) is 9.54. The minimum absolute atomic E-state index is 0.00461. The Morgan fingerprint density at radius 3 is 2.44 bits per heavy atom. The van der Waals surface area contributed by atoms with Crippen molar-refractivity contribution in [2.45, 2.75) is 38.2 Å². The summed E-state index contributed by atoms with van der Waals surface area (Å²) in [5.74, 6) is 0.676. The van der Waals surface area contributed by atoms with Crippen LogP contribution in [0.25, 0.3) is 0 Å². The van der Waals surface area contributed by atoms with Gasteiger partial charge >= 0.3 is 5.97 Å². The maximum atomic E-state index is 13.8. The van der Waals surface area contributed by atoms with Crippen LogP contribution >= 0.6 is 11.3 Å². The molecule has 0 spiro atoms. The number of Topliss-reactive ketones (excluding diaryl/α,β-unsaturated/α-hetero) is 1. The first-order valence-electron chi connectivity index (χ1n) is 12.7. The lowest BCUT2D eigenvalue weighted by molar-refractivity contribution is -0.140. The van der Waals surface area contributed by atoms with E-state index in [2.05, 4.69) is 11.4 Å². The fourth-order valence-corrected chi connectivity index (χ4v) is 6.26. The lowest BCUT2D eigenvalue weighted by atomic mass is 9.72. The Hall–Kier alpha value is -4.04. The minimum atomic E-state index is -0.661. The highest BCUT2D eigenvalue weighted by Gasteiger charge is 2.43. The number of carbonyl (C=O) groups is 2. The van der Waals surface area contributed by atoms with E-state index in [0.717, 1.165) is 17.0 Å². The molecule has 0 saturated heterocycles. The van der Waals surface area contributed by atoms with Gasteiger partial charge in [-0.1, -0.05) is 30.3 Å². The first kappa shape index (κ1) is 26.6. The molecule has 1 N–H and O–H groups in total. The van der Waals surface area contributed by atoms with Crippen LogP contribution in [0.4, 0.5) is 0 Å². The van der Waals surface area contributed by atoms with Crippen LogP contribution in [-0.2, 0) is 20.9 Å². The van der Waals surface area contributed by atoms with Crippen LogP contribution in [0.1, 0.15) is 47.6 Å². The van der Waals surface area contributed by atoms with Crippen molar-refractivity contribution in [1.82, 2.24) is 5.32 Å². The largest absolute Gasteiger partial charge is 0.497 e. The van der Waals surface area contributed by atoms with Crippen molar-refractivity contribution in [1.29, 1.82) is 0 Å². The molecule has 2 aliphatic rings. The van der Waals surface area contributed by atoms with E-state index in [1.54, 1.807) is 38.7 Å². The third-order valence-electron chi connectivity index (χ3n) is 7.27. The molecule has 8 heteroatoms. The number of para-hydroxylation sites is 1. The number of hydrogen-bond donors (Lipinski definition) is 1. The molecule has 0 radical (unpaired) electrons. The Morgan fingerprint density at radius 1 is 0.974 bits per heavy atom. The lowest BCUT2D eigenvalue weighted by Crippen LogP contribution is -2.36. The molecule has 0 bridgehead atoms. The van der Waals surface area contributed by atoms with Gasteiger partial charge in [0.1, 0.15) is 12.4 Å².